The number of likely N-dealkylation sites (N-methyl/N-ethyl adjacent to an activating group) is 1. The second-order valence-corrected chi connectivity index (χ2v) is 7.57. The Kier molecular flexibility index (Phi) is 4.71. The molecule has 5 rings (SSSR count). The van der Waals surface area contributed by atoms with Crippen LogP contribution in [0.2, 0.25) is 0 Å². The van der Waals surface area contributed by atoms with Gasteiger partial charge in [0.1, 0.15) is 18.1 Å². The third kappa shape index (κ3) is 3.13. The van der Waals surface area contributed by atoms with E-state index in [-0.39, 0.29) is 5.56 Å². The lowest BCUT2D eigenvalue weighted by atomic mass is 10.1. The summed E-state index contributed by atoms with van der Waals surface area (Å²) in [6, 6.07) is 15.5. The van der Waals surface area contributed by atoms with Crippen molar-refractivity contribution in [3.63, 3.8) is 0 Å². The van der Waals surface area contributed by atoms with Gasteiger partial charge in [-0.2, -0.15) is 0 Å². The van der Waals surface area contributed by atoms with Gasteiger partial charge in [0.15, 0.2) is 5.82 Å². The molecule has 152 valence electrons. The molecule has 4 aromatic rings. The first-order valence-corrected chi connectivity index (χ1v) is 10.5. The number of fused-ring (bicyclic) bond motifs is 5. The predicted molar refractivity (Wildman–Crippen MR) is 119 cm³/mol. The van der Waals surface area contributed by atoms with Gasteiger partial charge in [-0.15, -0.1) is 0 Å². The van der Waals surface area contributed by atoms with E-state index in [9.17, 15) is 4.79 Å². The van der Waals surface area contributed by atoms with Crippen LogP contribution in [0.1, 0.15) is 19.4 Å². The van der Waals surface area contributed by atoms with Crippen LogP contribution in [0.5, 0.6) is 5.75 Å². The molecule has 1 aliphatic rings. The monoisotopic (exact) mass is 400 g/mol. The van der Waals surface area contributed by atoms with Crippen molar-refractivity contribution < 1.29 is 4.74 Å². The molecule has 0 atom stereocenters. The van der Waals surface area contributed by atoms with Crippen LogP contribution in [-0.4, -0.2) is 45.7 Å². The maximum absolute atomic E-state index is 12.9. The fraction of sp³-hybridized carbons (Fsp3) is 0.292. The molecule has 30 heavy (non-hydrogen) atoms. The Morgan fingerprint density at radius 3 is 2.70 bits per heavy atom. The molecular weight excluding hydrogens is 376 g/mol. The van der Waals surface area contributed by atoms with Crippen molar-refractivity contribution in [3.8, 4) is 17.3 Å². The molecule has 0 saturated heterocycles. The fourth-order valence-electron chi connectivity index (χ4n) is 4.10. The molecule has 0 radical (unpaired) electrons. The SMILES string of the molecule is CCN(CC)CCOc1ccc2nc3c(cc2c1)Cn1c-3nc2ccccc2c1=O. The lowest BCUT2D eigenvalue weighted by Gasteiger charge is -2.18. The van der Waals surface area contributed by atoms with Gasteiger partial charge in [-0.05, 0) is 49.5 Å². The van der Waals surface area contributed by atoms with Crippen molar-refractivity contribution in [3.05, 3.63) is 64.4 Å². The summed E-state index contributed by atoms with van der Waals surface area (Å²) in [6.07, 6.45) is 0. The maximum atomic E-state index is 12.9. The summed E-state index contributed by atoms with van der Waals surface area (Å²) < 4.78 is 7.69. The minimum atomic E-state index is -0.0157. The predicted octanol–water partition coefficient (Wildman–Crippen LogP) is 3.69. The molecule has 0 fully saturated rings. The molecule has 0 N–H and O–H groups in total. The number of pyridine rings is 1. The summed E-state index contributed by atoms with van der Waals surface area (Å²) in [4.78, 5) is 24.8. The summed E-state index contributed by atoms with van der Waals surface area (Å²) in [5.74, 6) is 1.49. The molecular formula is C24H24N4O2. The molecule has 2 aromatic carbocycles. The Balaban J connectivity index is 1.48. The van der Waals surface area contributed by atoms with Crippen LogP contribution in [0.4, 0.5) is 0 Å². The average Bonchev–Trinajstić information content (AvgIpc) is 3.13. The van der Waals surface area contributed by atoms with Gasteiger partial charge in [-0.25, -0.2) is 9.97 Å². The number of aromatic nitrogens is 3. The largest absolute Gasteiger partial charge is 0.492 e. The lowest BCUT2D eigenvalue weighted by molar-refractivity contribution is 0.223. The molecule has 6 heteroatoms. The highest BCUT2D eigenvalue weighted by Crippen LogP contribution is 2.32. The first-order chi connectivity index (χ1) is 14.7. The van der Waals surface area contributed by atoms with Crippen LogP contribution in [0, 0.1) is 0 Å². The topological polar surface area (TPSA) is 60.2 Å². The number of nitrogens with zero attached hydrogens (tertiary/aromatic N) is 4. The van der Waals surface area contributed by atoms with E-state index >= 15 is 0 Å². The van der Waals surface area contributed by atoms with Crippen molar-refractivity contribution in [1.29, 1.82) is 0 Å². The lowest BCUT2D eigenvalue weighted by Crippen LogP contribution is -2.27. The van der Waals surface area contributed by atoms with E-state index < -0.39 is 0 Å². The highest BCUT2D eigenvalue weighted by atomic mass is 16.5. The summed E-state index contributed by atoms with van der Waals surface area (Å²) in [5, 5.41) is 1.65. The summed E-state index contributed by atoms with van der Waals surface area (Å²) >= 11 is 0. The summed E-state index contributed by atoms with van der Waals surface area (Å²) in [5.41, 5.74) is 3.38. The Morgan fingerprint density at radius 2 is 1.87 bits per heavy atom. The Labute approximate surface area is 174 Å². The molecule has 0 amide bonds. The van der Waals surface area contributed by atoms with E-state index in [2.05, 4.69) is 24.8 Å². The third-order valence-electron chi connectivity index (χ3n) is 5.84. The van der Waals surface area contributed by atoms with E-state index in [1.165, 1.54) is 0 Å². The number of hydrogen-bond acceptors (Lipinski definition) is 5. The van der Waals surface area contributed by atoms with Gasteiger partial charge in [-0.3, -0.25) is 9.36 Å². The van der Waals surface area contributed by atoms with Crippen molar-refractivity contribution in [1.82, 2.24) is 19.4 Å². The molecule has 3 heterocycles. The molecule has 0 spiro atoms. The first-order valence-electron chi connectivity index (χ1n) is 10.5. The zero-order valence-corrected chi connectivity index (χ0v) is 17.3. The molecule has 0 saturated carbocycles. The van der Waals surface area contributed by atoms with Crippen molar-refractivity contribution in [2.45, 2.75) is 20.4 Å². The third-order valence-corrected chi connectivity index (χ3v) is 5.84. The Bertz CT molecular complexity index is 1310. The fourth-order valence-corrected chi connectivity index (χ4v) is 4.10. The Morgan fingerprint density at radius 1 is 1.03 bits per heavy atom. The summed E-state index contributed by atoms with van der Waals surface area (Å²) in [6.45, 7) is 8.43. The van der Waals surface area contributed by atoms with E-state index in [1.807, 2.05) is 42.5 Å². The van der Waals surface area contributed by atoms with Crippen LogP contribution in [-0.2, 0) is 6.54 Å². The highest BCUT2D eigenvalue weighted by Gasteiger charge is 2.24. The van der Waals surface area contributed by atoms with Gasteiger partial charge < -0.3 is 9.64 Å². The molecule has 0 unspecified atom stereocenters. The van der Waals surface area contributed by atoms with Gasteiger partial charge in [0.25, 0.3) is 5.56 Å². The van der Waals surface area contributed by atoms with Crippen LogP contribution in [0.15, 0.2) is 53.3 Å². The molecule has 6 nitrogen and oxygen atoms in total. The van der Waals surface area contributed by atoms with E-state index in [4.69, 9.17) is 14.7 Å². The number of ether oxygens (including phenoxy) is 1. The highest BCUT2D eigenvalue weighted by molar-refractivity contribution is 5.86. The second-order valence-electron chi connectivity index (χ2n) is 7.57. The molecule has 0 bridgehead atoms. The zero-order chi connectivity index (χ0) is 20.7. The summed E-state index contributed by atoms with van der Waals surface area (Å²) in [7, 11) is 0. The second kappa shape index (κ2) is 7.54. The Hall–Kier alpha value is -3.25. The molecule has 1 aliphatic heterocycles. The van der Waals surface area contributed by atoms with Crippen LogP contribution in [0.25, 0.3) is 33.3 Å². The van der Waals surface area contributed by atoms with Crippen molar-refractivity contribution in [2.75, 3.05) is 26.2 Å². The van der Waals surface area contributed by atoms with Crippen molar-refractivity contribution in [2.24, 2.45) is 0 Å². The number of benzene rings is 2. The smallest absolute Gasteiger partial charge is 0.262 e. The first kappa shape index (κ1) is 18.8. The van der Waals surface area contributed by atoms with Gasteiger partial charge in [-0.1, -0.05) is 26.0 Å². The van der Waals surface area contributed by atoms with Crippen LogP contribution in [0.3, 0.4) is 0 Å². The van der Waals surface area contributed by atoms with Gasteiger partial charge in [0.2, 0.25) is 0 Å². The quantitative estimate of drug-likeness (QED) is 0.435. The van der Waals surface area contributed by atoms with E-state index in [1.54, 1.807) is 4.57 Å². The van der Waals surface area contributed by atoms with Crippen molar-refractivity contribution >= 4 is 21.8 Å². The minimum absolute atomic E-state index is 0.0157. The standard InChI is InChI=1S/C24H24N4O2/c1-3-27(4-2)11-12-30-18-9-10-20-16(14-18)13-17-15-28-23(22(17)25-20)26-21-8-6-5-7-19(21)24(28)29/h5-10,13-14H,3-4,11-12,15H2,1-2H3. The molecule has 0 aliphatic carbocycles. The molecule has 2 aromatic heterocycles. The zero-order valence-electron chi connectivity index (χ0n) is 17.3. The van der Waals surface area contributed by atoms with Gasteiger partial charge in [0.05, 0.1) is 23.0 Å². The number of hydrogen-bond donors (Lipinski definition) is 0. The van der Waals surface area contributed by atoms with E-state index in [0.717, 1.165) is 47.5 Å². The van der Waals surface area contributed by atoms with Gasteiger partial charge >= 0.3 is 0 Å². The van der Waals surface area contributed by atoms with Gasteiger partial charge in [0, 0.05) is 17.5 Å². The van der Waals surface area contributed by atoms with Crippen LogP contribution >= 0.6 is 0 Å². The minimum Gasteiger partial charge on any atom is -0.492 e. The average molecular weight is 400 g/mol. The van der Waals surface area contributed by atoms with Crippen LogP contribution < -0.4 is 10.3 Å². The van der Waals surface area contributed by atoms with E-state index in [0.29, 0.717) is 29.9 Å². The number of rotatable bonds is 6. The maximum Gasteiger partial charge on any atom is 0.262 e. The normalized spacial score (nSPS) is 12.5. The number of para-hydroxylation sites is 1.